The number of nitrogens with zero attached hydrogens (tertiary/aromatic N) is 3. The minimum atomic E-state index is -0.362. The van der Waals surface area contributed by atoms with E-state index >= 15 is 0 Å². The first-order valence-corrected chi connectivity index (χ1v) is 9.85. The molecule has 0 amide bonds. The molecule has 4 aromatic rings. The lowest BCUT2D eigenvalue weighted by Gasteiger charge is -2.20. The average molecular weight is 402 g/mol. The van der Waals surface area contributed by atoms with Crippen molar-refractivity contribution < 1.29 is 9.13 Å². The maximum Gasteiger partial charge on any atom is 0.166 e. The van der Waals surface area contributed by atoms with E-state index in [1.54, 1.807) is 18.5 Å². The van der Waals surface area contributed by atoms with E-state index in [1.807, 2.05) is 61.1 Å². The molecule has 0 saturated carbocycles. The molecule has 0 aliphatic rings. The molecule has 0 bridgehead atoms. The molecule has 4 rings (SSSR count). The molecule has 1 atom stereocenters. The van der Waals surface area contributed by atoms with Gasteiger partial charge in [0.1, 0.15) is 11.9 Å². The van der Waals surface area contributed by atoms with Crippen LogP contribution in [0.1, 0.15) is 25.5 Å². The summed E-state index contributed by atoms with van der Waals surface area (Å²) >= 11 is 0. The van der Waals surface area contributed by atoms with E-state index in [0.29, 0.717) is 11.6 Å². The molecular formula is C24H23FN4O. The highest BCUT2D eigenvalue weighted by molar-refractivity contribution is 5.69. The zero-order chi connectivity index (χ0) is 21.1. The molecule has 30 heavy (non-hydrogen) atoms. The van der Waals surface area contributed by atoms with Crippen LogP contribution in [0.5, 0.6) is 5.75 Å². The van der Waals surface area contributed by atoms with Crippen molar-refractivity contribution in [1.29, 1.82) is 0 Å². The lowest BCUT2D eigenvalue weighted by Crippen LogP contribution is -2.08. The van der Waals surface area contributed by atoms with E-state index in [4.69, 9.17) is 10.5 Å². The summed E-state index contributed by atoms with van der Waals surface area (Å²) in [5.41, 5.74) is 10.5. The second-order valence-electron chi connectivity index (χ2n) is 7.05. The first-order chi connectivity index (χ1) is 14.5. The number of pyridine rings is 1. The Kier molecular flexibility index (Phi) is 5.48. The Labute approximate surface area is 175 Å². The van der Waals surface area contributed by atoms with Crippen LogP contribution in [0.15, 0.2) is 73.2 Å². The van der Waals surface area contributed by atoms with Gasteiger partial charge in [0, 0.05) is 35.6 Å². The summed E-state index contributed by atoms with van der Waals surface area (Å²) < 4.78 is 22.0. The van der Waals surface area contributed by atoms with Crippen LogP contribution in [0, 0.1) is 5.82 Å². The number of halogens is 1. The van der Waals surface area contributed by atoms with Crippen molar-refractivity contribution in [1.82, 2.24) is 14.8 Å². The normalized spacial score (nSPS) is 12.0. The number of nitrogen functional groups attached to an aromatic ring is 1. The van der Waals surface area contributed by atoms with Crippen LogP contribution in [0.2, 0.25) is 0 Å². The summed E-state index contributed by atoms with van der Waals surface area (Å²) in [4.78, 5) is 4.29. The number of hydrogen-bond donors (Lipinski definition) is 1. The van der Waals surface area contributed by atoms with Gasteiger partial charge in [-0.25, -0.2) is 9.37 Å². The Morgan fingerprint density at radius 1 is 1.03 bits per heavy atom. The molecule has 152 valence electrons. The van der Waals surface area contributed by atoms with E-state index < -0.39 is 0 Å². The fourth-order valence-electron chi connectivity index (χ4n) is 3.40. The molecule has 0 aliphatic heterocycles. The van der Waals surface area contributed by atoms with Crippen molar-refractivity contribution in [2.45, 2.75) is 26.5 Å². The zero-order valence-corrected chi connectivity index (χ0v) is 16.9. The van der Waals surface area contributed by atoms with Gasteiger partial charge in [0.05, 0.1) is 6.20 Å². The van der Waals surface area contributed by atoms with Crippen LogP contribution in [0.25, 0.3) is 22.3 Å². The molecule has 2 heterocycles. The third-order valence-electron chi connectivity index (χ3n) is 5.01. The highest BCUT2D eigenvalue weighted by Crippen LogP contribution is 2.34. The fourth-order valence-corrected chi connectivity index (χ4v) is 3.40. The molecule has 0 radical (unpaired) electrons. The van der Waals surface area contributed by atoms with Crippen molar-refractivity contribution in [2.24, 2.45) is 0 Å². The smallest absolute Gasteiger partial charge is 0.166 e. The zero-order valence-electron chi connectivity index (χ0n) is 16.9. The van der Waals surface area contributed by atoms with Crippen LogP contribution < -0.4 is 10.5 Å². The predicted molar refractivity (Wildman–Crippen MR) is 116 cm³/mol. The maximum atomic E-state index is 14.0. The quantitative estimate of drug-likeness (QED) is 0.463. The minimum absolute atomic E-state index is 0.291. The number of benzene rings is 2. The molecule has 0 spiro atoms. The molecule has 2 aromatic heterocycles. The van der Waals surface area contributed by atoms with Gasteiger partial charge in [-0.15, -0.1) is 0 Å². The fraction of sp³-hybridized carbons (Fsp3) is 0.167. The van der Waals surface area contributed by atoms with Crippen LogP contribution >= 0.6 is 0 Å². The van der Waals surface area contributed by atoms with Gasteiger partial charge < -0.3 is 10.5 Å². The monoisotopic (exact) mass is 402 g/mol. The molecule has 5 nitrogen and oxygen atoms in total. The molecule has 0 unspecified atom stereocenters. The van der Waals surface area contributed by atoms with Gasteiger partial charge in [-0.05, 0) is 43.2 Å². The number of rotatable bonds is 6. The minimum Gasteiger partial charge on any atom is -0.482 e. The summed E-state index contributed by atoms with van der Waals surface area (Å²) in [6, 6.07) is 16.3. The standard InChI is InChI=1S/C24H23FN4O/c1-3-29-15-19(14-28-29)18-11-23(24(26)27-13-18)30-16(2)21-10-9-20(25)12-22(21)17-7-5-4-6-8-17/h4-16H,3H2,1-2H3,(H2,26,27)/t16-/m1/s1. The molecule has 2 aromatic carbocycles. The SMILES string of the molecule is CCn1cc(-c2cnc(N)c(O[C@H](C)c3ccc(F)cc3-c3ccccc3)c2)cn1. The van der Waals surface area contributed by atoms with Crippen LogP contribution in [0.3, 0.4) is 0 Å². The predicted octanol–water partition coefficient (Wildman–Crippen LogP) is 5.49. The van der Waals surface area contributed by atoms with Crippen LogP contribution in [0.4, 0.5) is 10.2 Å². The lowest BCUT2D eigenvalue weighted by atomic mass is 9.96. The first kappa shape index (κ1) is 19.6. The number of nitrogens with two attached hydrogens (primary N) is 1. The molecule has 6 heteroatoms. The van der Waals surface area contributed by atoms with Crippen LogP contribution in [-0.4, -0.2) is 14.8 Å². The van der Waals surface area contributed by atoms with Gasteiger partial charge >= 0.3 is 0 Å². The van der Waals surface area contributed by atoms with E-state index in [-0.39, 0.29) is 11.9 Å². The Bertz CT molecular complexity index is 1160. The average Bonchev–Trinajstić information content (AvgIpc) is 3.25. The number of anilines is 1. The van der Waals surface area contributed by atoms with Crippen molar-refractivity contribution in [3.63, 3.8) is 0 Å². The van der Waals surface area contributed by atoms with Gasteiger partial charge in [0.25, 0.3) is 0 Å². The summed E-state index contributed by atoms with van der Waals surface area (Å²) in [5, 5.41) is 4.31. The molecule has 0 aliphatic carbocycles. The number of aromatic nitrogens is 3. The summed E-state index contributed by atoms with van der Waals surface area (Å²) in [5.74, 6) is 0.491. The maximum absolute atomic E-state index is 14.0. The third kappa shape index (κ3) is 4.03. The number of hydrogen-bond acceptors (Lipinski definition) is 4. The number of aryl methyl sites for hydroxylation is 1. The topological polar surface area (TPSA) is 66.0 Å². The van der Waals surface area contributed by atoms with Gasteiger partial charge in [0.2, 0.25) is 0 Å². The summed E-state index contributed by atoms with van der Waals surface area (Å²) in [7, 11) is 0. The van der Waals surface area contributed by atoms with E-state index in [1.165, 1.54) is 12.1 Å². The molecule has 0 saturated heterocycles. The Hall–Kier alpha value is -3.67. The van der Waals surface area contributed by atoms with Crippen LogP contribution in [-0.2, 0) is 6.54 Å². The van der Waals surface area contributed by atoms with E-state index in [0.717, 1.165) is 34.4 Å². The summed E-state index contributed by atoms with van der Waals surface area (Å²) in [6.45, 7) is 4.73. The van der Waals surface area contributed by atoms with Gasteiger partial charge in [-0.3, -0.25) is 4.68 Å². The third-order valence-corrected chi connectivity index (χ3v) is 5.01. The van der Waals surface area contributed by atoms with Gasteiger partial charge in [0.15, 0.2) is 11.6 Å². The highest BCUT2D eigenvalue weighted by Gasteiger charge is 2.17. The van der Waals surface area contributed by atoms with E-state index in [9.17, 15) is 4.39 Å². The summed E-state index contributed by atoms with van der Waals surface area (Å²) in [6.07, 6.45) is 5.08. The Balaban J connectivity index is 1.66. The number of ether oxygens (including phenoxy) is 1. The van der Waals surface area contributed by atoms with Crippen molar-refractivity contribution in [3.8, 4) is 28.0 Å². The van der Waals surface area contributed by atoms with Crippen molar-refractivity contribution >= 4 is 5.82 Å². The lowest BCUT2D eigenvalue weighted by molar-refractivity contribution is 0.228. The highest BCUT2D eigenvalue weighted by atomic mass is 19.1. The molecular weight excluding hydrogens is 379 g/mol. The molecule has 2 N–H and O–H groups in total. The molecule has 0 fully saturated rings. The van der Waals surface area contributed by atoms with E-state index in [2.05, 4.69) is 10.1 Å². The second kappa shape index (κ2) is 8.37. The van der Waals surface area contributed by atoms with Gasteiger partial charge in [-0.2, -0.15) is 5.10 Å². The largest absolute Gasteiger partial charge is 0.482 e. The Morgan fingerprint density at radius 3 is 2.57 bits per heavy atom. The van der Waals surface area contributed by atoms with Crippen molar-refractivity contribution in [2.75, 3.05) is 5.73 Å². The van der Waals surface area contributed by atoms with Gasteiger partial charge in [-0.1, -0.05) is 36.4 Å². The van der Waals surface area contributed by atoms with Crippen molar-refractivity contribution in [3.05, 3.63) is 84.6 Å². The second-order valence-corrected chi connectivity index (χ2v) is 7.05. The first-order valence-electron chi connectivity index (χ1n) is 9.85. The Morgan fingerprint density at radius 2 is 1.83 bits per heavy atom.